The van der Waals surface area contributed by atoms with Crippen LogP contribution in [-0.2, 0) is 22.5 Å². The van der Waals surface area contributed by atoms with Gasteiger partial charge >= 0.3 is 5.97 Å². The minimum absolute atomic E-state index is 0.146. The summed E-state index contributed by atoms with van der Waals surface area (Å²) < 4.78 is 15.5. The first-order valence-corrected chi connectivity index (χ1v) is 11.1. The topological polar surface area (TPSA) is 136 Å². The summed E-state index contributed by atoms with van der Waals surface area (Å²) in [5, 5.41) is 5.55. The van der Waals surface area contributed by atoms with Crippen LogP contribution < -0.4 is 20.1 Å². The lowest BCUT2D eigenvalue weighted by atomic mass is 10.1. The van der Waals surface area contributed by atoms with Gasteiger partial charge in [-0.25, -0.2) is 4.79 Å². The summed E-state index contributed by atoms with van der Waals surface area (Å²) in [5.74, 6) is -0.508. The van der Waals surface area contributed by atoms with Gasteiger partial charge in [0.15, 0.2) is 17.3 Å². The summed E-state index contributed by atoms with van der Waals surface area (Å²) >= 11 is 0. The Bertz CT molecular complexity index is 1360. The van der Waals surface area contributed by atoms with Crippen LogP contribution in [0.25, 0.3) is 0 Å². The van der Waals surface area contributed by atoms with E-state index in [-0.39, 0.29) is 54.0 Å². The van der Waals surface area contributed by atoms with Crippen molar-refractivity contribution in [3.05, 3.63) is 76.1 Å². The zero-order chi connectivity index (χ0) is 25.8. The minimum Gasteiger partial charge on any atom is -0.465 e. The van der Waals surface area contributed by atoms with Crippen molar-refractivity contribution in [1.82, 2.24) is 10.3 Å². The molecule has 0 fully saturated rings. The lowest BCUT2D eigenvalue weighted by molar-refractivity contribution is -0.115. The van der Waals surface area contributed by atoms with Crippen LogP contribution in [0.3, 0.4) is 0 Å². The molecule has 10 heteroatoms. The number of hydrogen-bond acceptors (Lipinski definition) is 7. The number of Topliss-reactive ketones (excluding diaryl/α,β-unsaturated/α-hetero) is 1. The van der Waals surface area contributed by atoms with Crippen molar-refractivity contribution < 1.29 is 33.4 Å². The lowest BCUT2D eigenvalue weighted by Gasteiger charge is -2.12. The molecule has 10 nitrogen and oxygen atoms in total. The van der Waals surface area contributed by atoms with Crippen LogP contribution in [0.4, 0.5) is 5.69 Å². The van der Waals surface area contributed by atoms with E-state index in [0.717, 1.165) is 5.56 Å². The molecule has 2 amide bonds. The number of methoxy groups -OCH3 is 1. The highest BCUT2D eigenvalue weighted by Crippen LogP contribution is 2.32. The fourth-order valence-electron chi connectivity index (χ4n) is 4.00. The Kier molecular flexibility index (Phi) is 7.05. The van der Waals surface area contributed by atoms with Gasteiger partial charge in [0.2, 0.25) is 12.7 Å². The van der Waals surface area contributed by atoms with Crippen LogP contribution in [0.2, 0.25) is 0 Å². The average Bonchev–Trinajstić information content (AvgIpc) is 3.46. The zero-order valence-corrected chi connectivity index (χ0v) is 20.0. The molecule has 0 bridgehead atoms. The molecule has 4 rings (SSSR count). The predicted molar refractivity (Wildman–Crippen MR) is 129 cm³/mol. The van der Waals surface area contributed by atoms with Crippen molar-refractivity contribution in [3.63, 3.8) is 0 Å². The number of carbonyl (C=O) groups is 4. The molecule has 0 atom stereocenters. The lowest BCUT2D eigenvalue weighted by Crippen LogP contribution is -2.25. The SMILES string of the molecule is COC(=O)c1c(CC(=O)Nc2ccccc2C(=O)NCc2ccc3c(c2)OCO3)[nH]c(C(C)=O)c1C. The van der Waals surface area contributed by atoms with Crippen LogP contribution >= 0.6 is 0 Å². The van der Waals surface area contributed by atoms with Crippen molar-refractivity contribution >= 4 is 29.3 Å². The summed E-state index contributed by atoms with van der Waals surface area (Å²) in [6, 6.07) is 12.0. The number of aromatic nitrogens is 1. The van der Waals surface area contributed by atoms with Gasteiger partial charge in [-0.2, -0.15) is 0 Å². The van der Waals surface area contributed by atoms with Gasteiger partial charge in [-0.15, -0.1) is 0 Å². The number of nitrogens with one attached hydrogen (secondary N) is 3. The molecule has 36 heavy (non-hydrogen) atoms. The van der Waals surface area contributed by atoms with Crippen LogP contribution in [0.5, 0.6) is 11.5 Å². The second-order valence-corrected chi connectivity index (χ2v) is 8.17. The Labute approximate surface area is 206 Å². The number of esters is 1. The molecule has 3 N–H and O–H groups in total. The molecule has 0 saturated carbocycles. The van der Waals surface area contributed by atoms with E-state index in [2.05, 4.69) is 15.6 Å². The molecule has 2 aromatic carbocycles. The summed E-state index contributed by atoms with van der Waals surface area (Å²) in [4.78, 5) is 52.8. The highest BCUT2D eigenvalue weighted by molar-refractivity contribution is 6.05. The van der Waals surface area contributed by atoms with E-state index >= 15 is 0 Å². The van der Waals surface area contributed by atoms with Gasteiger partial charge in [0, 0.05) is 19.2 Å². The van der Waals surface area contributed by atoms with Gasteiger partial charge in [0.25, 0.3) is 5.91 Å². The van der Waals surface area contributed by atoms with Crippen LogP contribution in [0.15, 0.2) is 42.5 Å². The van der Waals surface area contributed by atoms with Crippen molar-refractivity contribution in [2.24, 2.45) is 0 Å². The fraction of sp³-hybridized carbons (Fsp3) is 0.231. The molecule has 0 saturated heterocycles. The third-order valence-electron chi connectivity index (χ3n) is 5.74. The van der Waals surface area contributed by atoms with E-state index in [1.807, 2.05) is 6.07 Å². The number of carbonyl (C=O) groups excluding carboxylic acids is 4. The van der Waals surface area contributed by atoms with Gasteiger partial charge in [0.1, 0.15) is 0 Å². The number of aromatic amines is 1. The maximum atomic E-state index is 12.9. The average molecular weight is 492 g/mol. The van der Waals surface area contributed by atoms with Gasteiger partial charge in [0.05, 0.1) is 36.0 Å². The zero-order valence-electron chi connectivity index (χ0n) is 20.0. The molecule has 0 radical (unpaired) electrons. The smallest absolute Gasteiger partial charge is 0.339 e. The van der Waals surface area contributed by atoms with Gasteiger partial charge in [-0.3, -0.25) is 14.4 Å². The molecule has 3 aromatic rings. The second-order valence-electron chi connectivity index (χ2n) is 8.17. The maximum Gasteiger partial charge on any atom is 0.339 e. The number of rotatable bonds is 8. The standard InChI is InChI=1S/C26H25N3O7/c1-14-23(26(33)34-3)19(29-24(14)15(2)30)11-22(31)28-18-7-5-4-6-17(18)25(32)27-12-16-8-9-20-21(10-16)36-13-35-20/h4-10,29H,11-13H2,1-3H3,(H,27,32)(H,28,31). The first-order chi connectivity index (χ1) is 17.3. The van der Waals surface area contributed by atoms with E-state index in [1.54, 1.807) is 43.3 Å². The number of ketones is 1. The van der Waals surface area contributed by atoms with E-state index in [1.165, 1.54) is 14.0 Å². The van der Waals surface area contributed by atoms with Crippen molar-refractivity contribution in [1.29, 1.82) is 0 Å². The molecule has 0 unspecified atom stereocenters. The largest absolute Gasteiger partial charge is 0.465 e. The number of anilines is 1. The molecule has 1 aromatic heterocycles. The number of para-hydroxylation sites is 1. The summed E-state index contributed by atoms with van der Waals surface area (Å²) in [6.45, 7) is 3.39. The van der Waals surface area contributed by atoms with E-state index in [0.29, 0.717) is 22.7 Å². The Morgan fingerprint density at radius 1 is 1.06 bits per heavy atom. The Hall–Kier alpha value is -4.60. The molecular weight excluding hydrogens is 466 g/mol. The van der Waals surface area contributed by atoms with Crippen LogP contribution in [0.1, 0.15) is 54.9 Å². The van der Waals surface area contributed by atoms with Gasteiger partial charge in [-0.05, 0) is 42.3 Å². The molecule has 0 spiro atoms. The first kappa shape index (κ1) is 24.5. The molecule has 2 heterocycles. The van der Waals surface area contributed by atoms with E-state index in [4.69, 9.17) is 14.2 Å². The van der Waals surface area contributed by atoms with E-state index in [9.17, 15) is 19.2 Å². The number of ether oxygens (including phenoxy) is 3. The fourth-order valence-corrected chi connectivity index (χ4v) is 4.00. The van der Waals surface area contributed by atoms with Crippen molar-refractivity contribution in [3.8, 4) is 11.5 Å². The van der Waals surface area contributed by atoms with Crippen molar-refractivity contribution in [2.45, 2.75) is 26.8 Å². The normalized spacial score (nSPS) is 11.6. The highest BCUT2D eigenvalue weighted by atomic mass is 16.7. The van der Waals surface area contributed by atoms with Crippen LogP contribution in [0, 0.1) is 6.92 Å². The Balaban J connectivity index is 1.47. The van der Waals surface area contributed by atoms with Gasteiger partial charge < -0.3 is 29.8 Å². The summed E-state index contributed by atoms with van der Waals surface area (Å²) in [7, 11) is 1.23. The monoisotopic (exact) mass is 491 g/mol. The molecular formula is C26H25N3O7. The number of fused-ring (bicyclic) bond motifs is 1. The summed E-state index contributed by atoms with van der Waals surface area (Å²) in [5.41, 5.74) is 2.46. The molecule has 0 aliphatic carbocycles. The number of amides is 2. The van der Waals surface area contributed by atoms with E-state index < -0.39 is 11.9 Å². The molecule has 1 aliphatic heterocycles. The number of benzene rings is 2. The second kappa shape index (κ2) is 10.3. The highest BCUT2D eigenvalue weighted by Gasteiger charge is 2.25. The predicted octanol–water partition coefficient (Wildman–Crippen LogP) is 3.15. The number of H-pyrrole nitrogens is 1. The van der Waals surface area contributed by atoms with Crippen LogP contribution in [-0.4, -0.2) is 42.5 Å². The van der Waals surface area contributed by atoms with Gasteiger partial charge in [-0.1, -0.05) is 18.2 Å². The van der Waals surface area contributed by atoms with Crippen molar-refractivity contribution in [2.75, 3.05) is 19.2 Å². The third-order valence-corrected chi connectivity index (χ3v) is 5.74. The summed E-state index contributed by atoms with van der Waals surface area (Å²) in [6.07, 6.45) is -0.230. The Morgan fingerprint density at radius 3 is 2.56 bits per heavy atom. The quantitative estimate of drug-likeness (QED) is 0.325. The maximum absolute atomic E-state index is 12.9. The Morgan fingerprint density at radius 2 is 1.81 bits per heavy atom. The molecule has 186 valence electrons. The minimum atomic E-state index is -0.651. The molecule has 1 aliphatic rings. The first-order valence-electron chi connectivity index (χ1n) is 11.1. The third kappa shape index (κ3) is 5.07. The number of hydrogen-bond donors (Lipinski definition) is 3.